The molecule has 3 heterocycles. The van der Waals surface area contributed by atoms with Gasteiger partial charge in [-0.05, 0) is 56.3 Å². The quantitative estimate of drug-likeness (QED) is 0.556. The summed E-state index contributed by atoms with van der Waals surface area (Å²) in [6.07, 6.45) is -0.961. The first-order chi connectivity index (χ1) is 16.8. The predicted molar refractivity (Wildman–Crippen MR) is 127 cm³/mol. The number of hydrogen-bond acceptors (Lipinski definition) is 6. The van der Waals surface area contributed by atoms with Gasteiger partial charge in [0.2, 0.25) is 0 Å². The standard InChI is InChI=1S/C25H25F3N6O/c1-30-18-12-20(13-18)34-15-17(14-29)21-6-7-22(31-24(21)34)33-10-8-32(9-11-33)19-4-2-16(3-5-19)23(35)25(26,27)28/h2-7,15,18,20,30H,8-13H2,1H3. The van der Waals surface area contributed by atoms with E-state index in [2.05, 4.69) is 25.8 Å². The number of benzene rings is 1. The van der Waals surface area contributed by atoms with Crippen LogP contribution in [0.5, 0.6) is 0 Å². The highest BCUT2D eigenvalue weighted by Crippen LogP contribution is 2.36. The van der Waals surface area contributed by atoms with Gasteiger partial charge >= 0.3 is 6.18 Å². The summed E-state index contributed by atoms with van der Waals surface area (Å²) in [5.41, 5.74) is 1.88. The fourth-order valence-corrected chi connectivity index (χ4v) is 4.89. The minimum Gasteiger partial charge on any atom is -0.368 e. The van der Waals surface area contributed by atoms with Crippen LogP contribution in [0.25, 0.3) is 11.0 Å². The molecule has 2 fully saturated rings. The van der Waals surface area contributed by atoms with Gasteiger partial charge in [0.15, 0.2) is 0 Å². The molecule has 0 unspecified atom stereocenters. The number of rotatable bonds is 5. The summed E-state index contributed by atoms with van der Waals surface area (Å²) in [4.78, 5) is 20.6. The Morgan fingerprint density at radius 1 is 1.06 bits per heavy atom. The van der Waals surface area contributed by atoms with Crippen LogP contribution >= 0.6 is 0 Å². The highest BCUT2D eigenvalue weighted by molar-refractivity contribution is 6.00. The monoisotopic (exact) mass is 482 g/mol. The second kappa shape index (κ2) is 8.89. The Morgan fingerprint density at radius 2 is 1.71 bits per heavy atom. The zero-order valence-corrected chi connectivity index (χ0v) is 19.2. The highest BCUT2D eigenvalue weighted by atomic mass is 19.4. The van der Waals surface area contributed by atoms with E-state index in [4.69, 9.17) is 4.98 Å². The van der Waals surface area contributed by atoms with Crippen molar-refractivity contribution in [1.29, 1.82) is 5.26 Å². The summed E-state index contributed by atoms with van der Waals surface area (Å²) in [7, 11) is 1.96. The second-order valence-corrected chi connectivity index (χ2v) is 9.06. The number of hydrogen-bond donors (Lipinski definition) is 1. The van der Waals surface area contributed by atoms with Gasteiger partial charge in [-0.15, -0.1) is 0 Å². The Bertz CT molecular complexity index is 1280. The van der Waals surface area contributed by atoms with Gasteiger partial charge in [0.25, 0.3) is 5.78 Å². The van der Waals surface area contributed by atoms with Crippen LogP contribution in [0.15, 0.2) is 42.6 Å². The van der Waals surface area contributed by atoms with E-state index in [1.165, 1.54) is 12.1 Å². The maximum atomic E-state index is 12.6. The molecule has 2 aromatic heterocycles. The molecule has 3 aromatic rings. The molecule has 1 aromatic carbocycles. The molecular formula is C25H25F3N6O. The second-order valence-electron chi connectivity index (χ2n) is 9.06. The summed E-state index contributed by atoms with van der Waals surface area (Å²) in [5.74, 6) is -0.986. The lowest BCUT2D eigenvalue weighted by atomic mass is 9.87. The molecule has 182 valence electrons. The number of carbonyl (C=O) groups is 1. The van der Waals surface area contributed by atoms with Crippen molar-refractivity contribution >= 4 is 28.3 Å². The van der Waals surface area contributed by atoms with Gasteiger partial charge in [-0.2, -0.15) is 18.4 Å². The normalized spacial score (nSPS) is 20.5. The number of nitriles is 1. The van der Waals surface area contributed by atoms with Gasteiger partial charge in [-0.1, -0.05) is 0 Å². The van der Waals surface area contributed by atoms with Crippen molar-refractivity contribution in [3.63, 3.8) is 0 Å². The van der Waals surface area contributed by atoms with Crippen LogP contribution in [0.4, 0.5) is 24.7 Å². The van der Waals surface area contributed by atoms with Crippen molar-refractivity contribution in [2.45, 2.75) is 31.1 Å². The highest BCUT2D eigenvalue weighted by Gasteiger charge is 2.39. The lowest BCUT2D eigenvalue weighted by molar-refractivity contribution is -0.0885. The number of aromatic nitrogens is 2. The number of pyridine rings is 1. The third-order valence-electron chi connectivity index (χ3n) is 7.05. The van der Waals surface area contributed by atoms with Gasteiger partial charge < -0.3 is 19.7 Å². The largest absolute Gasteiger partial charge is 0.454 e. The summed E-state index contributed by atoms with van der Waals surface area (Å²) in [6.45, 7) is 2.73. The number of Topliss-reactive ketones (excluding diaryl/α,β-unsaturated/α-hetero) is 1. The van der Waals surface area contributed by atoms with Crippen LogP contribution in [-0.2, 0) is 0 Å². The minimum atomic E-state index is -4.87. The Balaban J connectivity index is 1.29. The van der Waals surface area contributed by atoms with E-state index < -0.39 is 12.0 Å². The number of halogens is 3. The molecule has 1 N–H and O–H groups in total. The Hall–Kier alpha value is -3.58. The third-order valence-corrected chi connectivity index (χ3v) is 7.05. The van der Waals surface area contributed by atoms with E-state index >= 15 is 0 Å². The van der Waals surface area contributed by atoms with E-state index in [-0.39, 0.29) is 5.56 Å². The number of nitrogens with zero attached hydrogens (tertiary/aromatic N) is 5. The molecule has 7 nitrogen and oxygen atoms in total. The first kappa shape index (κ1) is 23.2. The number of anilines is 2. The zero-order valence-electron chi connectivity index (χ0n) is 19.2. The van der Waals surface area contributed by atoms with Crippen LogP contribution in [0.3, 0.4) is 0 Å². The molecule has 1 aliphatic heterocycles. The predicted octanol–water partition coefficient (Wildman–Crippen LogP) is 3.90. The van der Waals surface area contributed by atoms with Crippen LogP contribution < -0.4 is 15.1 Å². The van der Waals surface area contributed by atoms with E-state index in [1.807, 2.05) is 25.4 Å². The number of nitrogens with one attached hydrogen (secondary N) is 1. The smallest absolute Gasteiger partial charge is 0.368 e. The first-order valence-corrected chi connectivity index (χ1v) is 11.6. The van der Waals surface area contributed by atoms with Crippen molar-refractivity contribution in [3.8, 4) is 6.07 Å². The average Bonchev–Trinajstić information content (AvgIpc) is 3.20. The van der Waals surface area contributed by atoms with Gasteiger partial charge in [-0.3, -0.25) is 4.79 Å². The summed E-state index contributed by atoms with van der Waals surface area (Å²) >= 11 is 0. The zero-order chi connectivity index (χ0) is 24.7. The SMILES string of the molecule is CNC1CC(n2cc(C#N)c3ccc(N4CCN(c5ccc(C(=O)C(F)(F)F)cc5)CC4)nc32)C1. The number of piperazine rings is 1. The molecule has 0 spiro atoms. The summed E-state index contributed by atoms with van der Waals surface area (Å²) in [6, 6.07) is 12.6. The molecule has 0 atom stereocenters. The maximum Gasteiger partial charge on any atom is 0.454 e. The topological polar surface area (TPSA) is 77.2 Å². The third kappa shape index (κ3) is 4.32. The van der Waals surface area contributed by atoms with Crippen LogP contribution in [0.1, 0.15) is 34.8 Å². The molecule has 0 bridgehead atoms. The average molecular weight is 483 g/mol. The Morgan fingerprint density at radius 3 is 2.31 bits per heavy atom. The summed E-state index contributed by atoms with van der Waals surface area (Å²) < 4.78 is 40.1. The van der Waals surface area contributed by atoms with Gasteiger partial charge in [0.1, 0.15) is 17.5 Å². The molecule has 1 aliphatic carbocycles. The molecule has 0 radical (unpaired) electrons. The molecule has 2 aliphatic rings. The van der Waals surface area contributed by atoms with Crippen LogP contribution in [-0.4, -0.2) is 60.8 Å². The fraction of sp³-hybridized carbons (Fsp3) is 0.400. The number of ketones is 1. The maximum absolute atomic E-state index is 12.6. The van der Waals surface area contributed by atoms with Crippen molar-refractivity contribution < 1.29 is 18.0 Å². The lowest BCUT2D eigenvalue weighted by Gasteiger charge is -2.37. The van der Waals surface area contributed by atoms with Crippen molar-refractivity contribution in [2.24, 2.45) is 0 Å². The van der Waals surface area contributed by atoms with E-state index in [9.17, 15) is 23.2 Å². The van der Waals surface area contributed by atoms with E-state index in [0.29, 0.717) is 43.8 Å². The number of carbonyl (C=O) groups excluding carboxylic acids is 1. The van der Waals surface area contributed by atoms with Crippen LogP contribution in [0.2, 0.25) is 0 Å². The molecule has 1 saturated heterocycles. The molecule has 35 heavy (non-hydrogen) atoms. The van der Waals surface area contributed by atoms with E-state index in [0.717, 1.165) is 35.4 Å². The van der Waals surface area contributed by atoms with Crippen molar-refractivity contribution in [1.82, 2.24) is 14.9 Å². The number of fused-ring (bicyclic) bond motifs is 1. The van der Waals surface area contributed by atoms with Crippen molar-refractivity contribution in [2.75, 3.05) is 43.0 Å². The molecule has 0 amide bonds. The molecule has 10 heteroatoms. The first-order valence-electron chi connectivity index (χ1n) is 11.6. The molecule has 1 saturated carbocycles. The molecule has 5 rings (SSSR count). The number of alkyl halides is 3. The lowest BCUT2D eigenvalue weighted by Crippen LogP contribution is -2.46. The van der Waals surface area contributed by atoms with Gasteiger partial charge in [0, 0.05) is 61.1 Å². The van der Waals surface area contributed by atoms with Crippen LogP contribution in [0, 0.1) is 11.3 Å². The van der Waals surface area contributed by atoms with Gasteiger partial charge in [0.05, 0.1) is 5.56 Å². The minimum absolute atomic E-state index is 0.323. The van der Waals surface area contributed by atoms with E-state index in [1.54, 1.807) is 12.1 Å². The molecular weight excluding hydrogens is 457 g/mol. The Kier molecular flexibility index (Phi) is 5.89. The summed E-state index contributed by atoms with van der Waals surface area (Å²) in [5, 5.41) is 13.7. The van der Waals surface area contributed by atoms with Crippen molar-refractivity contribution in [3.05, 3.63) is 53.7 Å². The van der Waals surface area contributed by atoms with Gasteiger partial charge in [-0.25, -0.2) is 4.98 Å². The Labute approximate surface area is 200 Å². The fourth-order valence-electron chi connectivity index (χ4n) is 4.89.